The zero-order valence-corrected chi connectivity index (χ0v) is 6.99. The molecule has 0 aliphatic rings. The number of hydrogen-bond donors (Lipinski definition) is 1. The molecule has 0 spiro atoms. The normalized spacial score (nSPS) is 9.00. The van der Waals surface area contributed by atoms with Gasteiger partial charge in [-0.25, -0.2) is 0 Å². The van der Waals surface area contributed by atoms with Crippen LogP contribution < -0.4 is 5.56 Å². The van der Waals surface area contributed by atoms with Crippen molar-refractivity contribution in [3.8, 4) is 5.63 Å². The molecule has 1 aromatic heterocycles. The molecule has 0 saturated heterocycles. The summed E-state index contributed by atoms with van der Waals surface area (Å²) in [5, 5.41) is 8.90. The van der Waals surface area contributed by atoms with Crippen molar-refractivity contribution < 1.29 is 9.77 Å². The van der Waals surface area contributed by atoms with E-state index in [1.165, 1.54) is 12.3 Å². The molecule has 0 radical (unpaired) electrons. The van der Waals surface area contributed by atoms with Crippen LogP contribution in [0.1, 0.15) is 5.56 Å². The number of hydrogen-bond acceptors (Lipinski definition) is 3. The first-order valence-electron chi connectivity index (χ1n) is 3.20. The molecule has 4 nitrogen and oxygen atoms in total. The van der Waals surface area contributed by atoms with Crippen LogP contribution in [0.15, 0.2) is 23.1 Å². The molecule has 0 fully saturated rings. The third-order valence-corrected chi connectivity index (χ3v) is 1.63. The van der Waals surface area contributed by atoms with Gasteiger partial charge in [0.05, 0.1) is 0 Å². The summed E-state index contributed by atoms with van der Waals surface area (Å²) in [5.74, 6) is 0. The first-order valence-corrected chi connectivity index (χ1v) is 4.02. The monoisotopic (exact) mass is 183 g/mol. The van der Waals surface area contributed by atoms with Crippen LogP contribution in [0.2, 0.25) is 0 Å². The van der Waals surface area contributed by atoms with Crippen LogP contribution in [0.4, 0.5) is 0 Å². The average Bonchev–Trinajstić information content (AvgIpc) is 2.08. The van der Waals surface area contributed by atoms with E-state index >= 15 is 0 Å². The minimum absolute atomic E-state index is 0.172. The summed E-state index contributed by atoms with van der Waals surface area (Å²) in [6.45, 7) is 0. The van der Waals surface area contributed by atoms with E-state index in [1.54, 1.807) is 6.07 Å². The van der Waals surface area contributed by atoms with Gasteiger partial charge in [-0.15, -0.1) is 0 Å². The van der Waals surface area contributed by atoms with Crippen molar-refractivity contribution in [1.82, 2.24) is 4.73 Å². The molecule has 0 saturated carbocycles. The van der Waals surface area contributed by atoms with Gasteiger partial charge in [-0.3, -0.25) is 0 Å². The van der Waals surface area contributed by atoms with Gasteiger partial charge < -0.3 is 0 Å². The molecular formula is C7H6NO3P. The molecule has 1 rings (SSSR count). The third kappa shape index (κ3) is 1.88. The van der Waals surface area contributed by atoms with Crippen molar-refractivity contribution in [3.63, 3.8) is 0 Å². The van der Waals surface area contributed by atoms with Crippen LogP contribution >= 0.6 is 7.92 Å². The van der Waals surface area contributed by atoms with Gasteiger partial charge >= 0.3 is 68.7 Å². The van der Waals surface area contributed by atoms with Crippen molar-refractivity contribution in [3.05, 3.63) is 34.2 Å². The molecule has 1 heterocycles. The first kappa shape index (κ1) is 8.85. The van der Waals surface area contributed by atoms with Crippen LogP contribution in [0.3, 0.4) is 0 Å². The van der Waals surface area contributed by atoms with Gasteiger partial charge in [0.1, 0.15) is 0 Å². The quantitative estimate of drug-likeness (QED) is 0.519. The van der Waals surface area contributed by atoms with Crippen LogP contribution in [0.5, 0.6) is 0 Å². The fraction of sp³-hybridized carbons (Fsp3) is 0.143. The summed E-state index contributed by atoms with van der Waals surface area (Å²) in [5.41, 5.74) is 2.28. The zero-order valence-electron chi connectivity index (χ0n) is 6.10. The summed E-state index contributed by atoms with van der Waals surface area (Å²) in [6.07, 6.45) is 1.41. The fourth-order valence-electron chi connectivity index (χ4n) is 0.779. The number of pyridine rings is 1. The molecule has 62 valence electrons. The van der Waals surface area contributed by atoms with Crippen LogP contribution in [-0.4, -0.2) is 9.94 Å². The van der Waals surface area contributed by atoms with Gasteiger partial charge in [-0.2, -0.15) is 0 Å². The van der Waals surface area contributed by atoms with Crippen molar-refractivity contribution >= 4 is 7.92 Å². The summed E-state index contributed by atoms with van der Waals surface area (Å²) in [4.78, 5) is 11.0. The van der Waals surface area contributed by atoms with Crippen molar-refractivity contribution in [2.75, 3.05) is 0 Å². The SMILES string of the molecule is O=P#CCc1cccn(O)c1=O. The first-order chi connectivity index (χ1) is 5.75. The van der Waals surface area contributed by atoms with Crippen LogP contribution in [-0.2, 0) is 11.0 Å². The second kappa shape index (κ2) is 3.96. The Morgan fingerprint density at radius 2 is 2.42 bits per heavy atom. The van der Waals surface area contributed by atoms with Crippen LogP contribution in [0.25, 0.3) is 0 Å². The van der Waals surface area contributed by atoms with Gasteiger partial charge in [-0.05, 0) is 0 Å². The molecule has 0 aliphatic carbocycles. The minimum atomic E-state index is -0.506. The summed E-state index contributed by atoms with van der Waals surface area (Å²) in [6, 6.07) is 3.08. The molecule has 0 unspecified atom stereocenters. The Morgan fingerprint density at radius 1 is 1.67 bits per heavy atom. The van der Waals surface area contributed by atoms with E-state index < -0.39 is 5.56 Å². The van der Waals surface area contributed by atoms with E-state index in [2.05, 4.69) is 5.63 Å². The van der Waals surface area contributed by atoms with Crippen molar-refractivity contribution in [2.45, 2.75) is 6.42 Å². The third-order valence-electron chi connectivity index (χ3n) is 1.34. The Labute approximate surface area is 69.5 Å². The van der Waals surface area contributed by atoms with Gasteiger partial charge in [0, 0.05) is 0 Å². The van der Waals surface area contributed by atoms with E-state index in [0.717, 1.165) is 0 Å². The number of rotatable bonds is 1. The number of nitrogens with zero attached hydrogens (tertiary/aromatic N) is 1. The van der Waals surface area contributed by atoms with E-state index in [9.17, 15) is 9.36 Å². The predicted octanol–water partition coefficient (Wildman–Crippen LogP) is 0.879. The Kier molecular flexibility index (Phi) is 2.92. The topological polar surface area (TPSA) is 59.3 Å². The molecular weight excluding hydrogens is 177 g/mol. The van der Waals surface area contributed by atoms with Crippen molar-refractivity contribution in [1.29, 1.82) is 0 Å². The van der Waals surface area contributed by atoms with E-state index in [1.807, 2.05) is 0 Å². The van der Waals surface area contributed by atoms with Crippen molar-refractivity contribution in [2.24, 2.45) is 0 Å². The zero-order chi connectivity index (χ0) is 8.97. The van der Waals surface area contributed by atoms with Crippen LogP contribution in [0, 0.1) is 5.63 Å². The summed E-state index contributed by atoms with van der Waals surface area (Å²) >= 11 is 0. The number of aromatic nitrogens is 1. The maximum absolute atomic E-state index is 11.0. The Morgan fingerprint density at radius 3 is 3.08 bits per heavy atom. The van der Waals surface area contributed by atoms with E-state index in [4.69, 9.17) is 5.21 Å². The van der Waals surface area contributed by atoms with Gasteiger partial charge in [-0.1, -0.05) is 0 Å². The molecule has 0 aliphatic heterocycles. The molecule has 0 atom stereocenters. The Balaban J connectivity index is 3.14. The summed E-state index contributed by atoms with van der Waals surface area (Å²) < 4.78 is 10.5. The van der Waals surface area contributed by atoms with E-state index in [0.29, 0.717) is 10.3 Å². The van der Waals surface area contributed by atoms with Gasteiger partial charge in [0.15, 0.2) is 0 Å². The molecule has 0 bridgehead atoms. The Bertz CT molecular complexity index is 431. The standard InChI is InChI=1S/C7H6NO3P/c9-7-6(3-5-12-11)2-1-4-8(7)10/h1-2,4,10H,3H2. The molecule has 1 aromatic rings. The maximum atomic E-state index is 11.0. The Hall–Kier alpha value is -1.24. The molecule has 0 amide bonds. The second-order valence-corrected chi connectivity index (χ2v) is 2.61. The molecule has 0 aromatic carbocycles. The molecule has 1 N–H and O–H groups in total. The molecule has 12 heavy (non-hydrogen) atoms. The molecule has 5 heteroatoms. The van der Waals surface area contributed by atoms with Gasteiger partial charge in [0.25, 0.3) is 0 Å². The fourth-order valence-corrected chi connectivity index (χ4v) is 1.01. The van der Waals surface area contributed by atoms with E-state index in [-0.39, 0.29) is 14.3 Å². The second-order valence-electron chi connectivity index (χ2n) is 2.11. The average molecular weight is 183 g/mol. The summed E-state index contributed by atoms with van der Waals surface area (Å²) in [7, 11) is -0.236. The predicted molar refractivity (Wildman–Crippen MR) is 43.1 cm³/mol. The van der Waals surface area contributed by atoms with Gasteiger partial charge in [0.2, 0.25) is 0 Å².